The fraction of sp³-hybridized carbons (Fsp3) is 0.389. The summed E-state index contributed by atoms with van der Waals surface area (Å²) >= 11 is 1.14. The summed E-state index contributed by atoms with van der Waals surface area (Å²) in [5.41, 5.74) is 0.312. The monoisotopic (exact) mass is 410 g/mol. The molecule has 1 aromatic heterocycles. The second-order valence-electron chi connectivity index (χ2n) is 6.17. The standard InChI is InChI=1S/C18H20F2N4O3S/c1-2-27-18(26)24-7-5-23(6-8-24)10-16(25)22-17-21-15(11-28-17)13-9-12(19)3-4-14(13)20/h3-4,9,11H,2,5-8,10H2,1H3,(H,21,22,25). The molecule has 150 valence electrons. The van der Waals surface area contributed by atoms with Gasteiger partial charge >= 0.3 is 6.09 Å². The largest absolute Gasteiger partial charge is 0.450 e. The van der Waals surface area contributed by atoms with Gasteiger partial charge in [0.1, 0.15) is 11.6 Å². The molecule has 1 aromatic carbocycles. The zero-order valence-corrected chi connectivity index (χ0v) is 16.1. The highest BCUT2D eigenvalue weighted by Gasteiger charge is 2.23. The minimum Gasteiger partial charge on any atom is -0.450 e. The number of aromatic nitrogens is 1. The van der Waals surface area contributed by atoms with Crippen LogP contribution in [0.4, 0.5) is 18.7 Å². The third-order valence-electron chi connectivity index (χ3n) is 4.22. The van der Waals surface area contributed by atoms with E-state index < -0.39 is 11.6 Å². The van der Waals surface area contributed by atoms with Gasteiger partial charge in [-0.15, -0.1) is 11.3 Å². The molecule has 1 aliphatic heterocycles. The number of carbonyl (C=O) groups is 2. The molecule has 28 heavy (non-hydrogen) atoms. The van der Waals surface area contributed by atoms with Crippen molar-refractivity contribution in [1.29, 1.82) is 0 Å². The van der Waals surface area contributed by atoms with Crippen LogP contribution in [0.3, 0.4) is 0 Å². The molecule has 2 amide bonds. The van der Waals surface area contributed by atoms with Crippen molar-refractivity contribution >= 4 is 28.5 Å². The number of piperazine rings is 1. The zero-order valence-electron chi connectivity index (χ0n) is 15.3. The smallest absolute Gasteiger partial charge is 0.409 e. The van der Waals surface area contributed by atoms with Crippen LogP contribution in [0, 0.1) is 11.6 Å². The Hall–Kier alpha value is -2.59. The van der Waals surface area contributed by atoms with Crippen LogP contribution in [0.25, 0.3) is 11.3 Å². The third kappa shape index (κ3) is 5.02. The fourth-order valence-corrected chi connectivity index (χ4v) is 3.54. The molecule has 1 N–H and O–H groups in total. The van der Waals surface area contributed by atoms with Gasteiger partial charge in [-0.2, -0.15) is 0 Å². The van der Waals surface area contributed by atoms with E-state index in [4.69, 9.17) is 4.74 Å². The molecule has 2 aromatic rings. The lowest BCUT2D eigenvalue weighted by Crippen LogP contribution is -2.50. The first kappa shape index (κ1) is 20.2. The van der Waals surface area contributed by atoms with Crippen LogP contribution in [0.1, 0.15) is 6.92 Å². The lowest BCUT2D eigenvalue weighted by Gasteiger charge is -2.33. The third-order valence-corrected chi connectivity index (χ3v) is 4.98. The van der Waals surface area contributed by atoms with Crippen molar-refractivity contribution in [1.82, 2.24) is 14.8 Å². The highest BCUT2D eigenvalue weighted by atomic mass is 32.1. The number of hydrogen-bond acceptors (Lipinski definition) is 6. The summed E-state index contributed by atoms with van der Waals surface area (Å²) in [4.78, 5) is 31.6. The summed E-state index contributed by atoms with van der Waals surface area (Å²) in [6, 6.07) is 3.15. The topological polar surface area (TPSA) is 74.8 Å². The van der Waals surface area contributed by atoms with Crippen molar-refractivity contribution in [2.24, 2.45) is 0 Å². The van der Waals surface area contributed by atoms with Crippen molar-refractivity contribution in [3.63, 3.8) is 0 Å². The van der Waals surface area contributed by atoms with Gasteiger partial charge in [0.25, 0.3) is 0 Å². The molecule has 0 atom stereocenters. The minimum atomic E-state index is -0.580. The van der Waals surface area contributed by atoms with E-state index in [-0.39, 0.29) is 29.8 Å². The number of ether oxygens (including phenoxy) is 1. The number of thiazole rings is 1. The Morgan fingerprint density at radius 3 is 2.71 bits per heavy atom. The molecule has 0 spiro atoms. The Bertz CT molecular complexity index is 853. The number of nitrogens with one attached hydrogen (secondary N) is 1. The summed E-state index contributed by atoms with van der Waals surface area (Å²) in [5.74, 6) is -1.40. The molecular formula is C18H20F2N4O3S. The van der Waals surface area contributed by atoms with Crippen LogP contribution in [0.15, 0.2) is 23.6 Å². The minimum absolute atomic E-state index is 0.0480. The maximum atomic E-state index is 13.8. The van der Waals surface area contributed by atoms with E-state index in [0.29, 0.717) is 37.9 Å². The van der Waals surface area contributed by atoms with Crippen molar-refractivity contribution in [3.8, 4) is 11.3 Å². The molecule has 1 saturated heterocycles. The Labute approximate surface area is 164 Å². The van der Waals surface area contributed by atoms with Gasteiger partial charge in [0.05, 0.1) is 18.8 Å². The number of benzene rings is 1. The average Bonchev–Trinajstić information content (AvgIpc) is 3.12. The Kier molecular flexibility index (Phi) is 6.53. The van der Waals surface area contributed by atoms with Gasteiger partial charge in [0.2, 0.25) is 5.91 Å². The number of carbonyl (C=O) groups excluding carboxylic acids is 2. The SMILES string of the molecule is CCOC(=O)N1CCN(CC(=O)Nc2nc(-c3cc(F)ccc3F)cs2)CC1. The summed E-state index contributed by atoms with van der Waals surface area (Å²) in [5, 5.41) is 4.55. The second kappa shape index (κ2) is 9.07. The number of hydrogen-bond donors (Lipinski definition) is 1. The van der Waals surface area contributed by atoms with Crippen LogP contribution in [0.5, 0.6) is 0 Å². The molecule has 7 nitrogen and oxygen atoms in total. The Balaban J connectivity index is 1.52. The molecule has 2 heterocycles. The molecule has 1 aliphatic rings. The van der Waals surface area contributed by atoms with Gasteiger partial charge in [-0.05, 0) is 25.1 Å². The summed E-state index contributed by atoms with van der Waals surface area (Å²) < 4.78 is 32.1. The van der Waals surface area contributed by atoms with Gasteiger partial charge in [0.15, 0.2) is 5.13 Å². The molecule has 1 fully saturated rings. The van der Waals surface area contributed by atoms with E-state index in [9.17, 15) is 18.4 Å². The van der Waals surface area contributed by atoms with Crippen LogP contribution in [-0.2, 0) is 9.53 Å². The Morgan fingerprint density at radius 2 is 2.00 bits per heavy atom. The second-order valence-corrected chi connectivity index (χ2v) is 7.03. The summed E-state index contributed by atoms with van der Waals surface area (Å²) in [6.45, 7) is 4.34. The molecule has 3 rings (SSSR count). The normalized spacial score (nSPS) is 14.8. The van der Waals surface area contributed by atoms with Crippen LogP contribution in [-0.4, -0.2) is 66.1 Å². The zero-order chi connectivity index (χ0) is 20.1. The van der Waals surface area contributed by atoms with Gasteiger partial charge in [-0.3, -0.25) is 9.69 Å². The summed E-state index contributed by atoms with van der Waals surface area (Å²) in [6.07, 6.45) is -0.341. The lowest BCUT2D eigenvalue weighted by atomic mass is 10.1. The van der Waals surface area contributed by atoms with Gasteiger partial charge in [-0.1, -0.05) is 0 Å². The number of rotatable bonds is 5. The number of halogens is 2. The highest BCUT2D eigenvalue weighted by Crippen LogP contribution is 2.27. The van der Waals surface area contributed by atoms with Crippen molar-refractivity contribution < 1.29 is 23.1 Å². The molecule has 0 unspecified atom stereocenters. The number of nitrogens with zero attached hydrogens (tertiary/aromatic N) is 3. The Morgan fingerprint density at radius 1 is 1.25 bits per heavy atom. The predicted molar refractivity (Wildman–Crippen MR) is 101 cm³/mol. The number of anilines is 1. The molecular weight excluding hydrogens is 390 g/mol. The molecule has 0 radical (unpaired) electrons. The first-order valence-electron chi connectivity index (χ1n) is 8.81. The van der Waals surface area contributed by atoms with E-state index in [1.54, 1.807) is 17.2 Å². The van der Waals surface area contributed by atoms with Crippen LogP contribution in [0.2, 0.25) is 0 Å². The van der Waals surface area contributed by atoms with Gasteiger partial charge < -0.3 is 15.0 Å². The van der Waals surface area contributed by atoms with Gasteiger partial charge in [0, 0.05) is 37.1 Å². The first-order valence-corrected chi connectivity index (χ1v) is 9.69. The van der Waals surface area contributed by atoms with E-state index >= 15 is 0 Å². The maximum Gasteiger partial charge on any atom is 0.409 e. The average molecular weight is 410 g/mol. The molecule has 0 aliphatic carbocycles. The van der Waals surface area contributed by atoms with Gasteiger partial charge in [-0.25, -0.2) is 18.6 Å². The van der Waals surface area contributed by atoms with E-state index in [1.165, 1.54) is 0 Å². The number of amides is 2. The van der Waals surface area contributed by atoms with E-state index in [0.717, 1.165) is 29.5 Å². The molecule has 0 saturated carbocycles. The lowest BCUT2D eigenvalue weighted by molar-refractivity contribution is -0.117. The summed E-state index contributed by atoms with van der Waals surface area (Å²) in [7, 11) is 0. The maximum absolute atomic E-state index is 13.8. The van der Waals surface area contributed by atoms with E-state index in [1.807, 2.05) is 4.90 Å². The van der Waals surface area contributed by atoms with Crippen LogP contribution < -0.4 is 5.32 Å². The van der Waals surface area contributed by atoms with Crippen molar-refractivity contribution in [3.05, 3.63) is 35.2 Å². The molecule has 10 heteroatoms. The quantitative estimate of drug-likeness (QED) is 0.821. The van der Waals surface area contributed by atoms with Crippen LogP contribution >= 0.6 is 11.3 Å². The predicted octanol–water partition coefficient (Wildman–Crippen LogP) is 2.80. The van der Waals surface area contributed by atoms with E-state index in [2.05, 4.69) is 10.3 Å². The van der Waals surface area contributed by atoms with Crippen molar-refractivity contribution in [2.75, 3.05) is 44.6 Å². The first-order chi connectivity index (χ1) is 13.5. The highest BCUT2D eigenvalue weighted by molar-refractivity contribution is 7.14. The fourth-order valence-electron chi connectivity index (χ4n) is 2.81. The molecule has 0 bridgehead atoms. The van der Waals surface area contributed by atoms with Crippen molar-refractivity contribution in [2.45, 2.75) is 6.92 Å².